The first-order valence-corrected chi connectivity index (χ1v) is 7.38. The minimum absolute atomic E-state index is 0.399. The number of rotatable bonds is 1. The average Bonchev–Trinajstić information content (AvgIpc) is 2.38. The van der Waals surface area contributed by atoms with Crippen LogP contribution in [0, 0.1) is 0 Å². The topological polar surface area (TPSA) is 29.3 Å². The van der Waals surface area contributed by atoms with Gasteiger partial charge in [0.15, 0.2) is 0 Å². The molecule has 1 fully saturated rings. The standard InChI is InChI=1S/C16H24N2/c1-12-11-14(17)9-10-18(12)16-8-4-6-13-5-2-3-7-15(13)16/h4,6,8,12,14H,2-3,5,7,9-11,17H2,1H3. The molecule has 0 amide bonds. The van der Waals surface area contributed by atoms with Gasteiger partial charge in [-0.25, -0.2) is 0 Å². The Balaban J connectivity index is 1.92. The lowest BCUT2D eigenvalue weighted by Gasteiger charge is -2.40. The molecule has 1 aliphatic carbocycles. The average molecular weight is 244 g/mol. The van der Waals surface area contributed by atoms with Gasteiger partial charge in [0.05, 0.1) is 0 Å². The molecule has 1 saturated heterocycles. The number of nitrogens with two attached hydrogens (primary N) is 1. The zero-order chi connectivity index (χ0) is 12.5. The van der Waals surface area contributed by atoms with Crippen molar-refractivity contribution in [2.75, 3.05) is 11.4 Å². The molecule has 0 bridgehead atoms. The van der Waals surface area contributed by atoms with Crippen LogP contribution in [0.2, 0.25) is 0 Å². The fourth-order valence-electron chi connectivity index (χ4n) is 3.60. The molecule has 0 saturated carbocycles. The van der Waals surface area contributed by atoms with E-state index < -0.39 is 0 Å². The minimum Gasteiger partial charge on any atom is -0.368 e. The summed E-state index contributed by atoms with van der Waals surface area (Å²) in [6.07, 6.45) is 7.51. The van der Waals surface area contributed by atoms with Crippen molar-refractivity contribution in [2.45, 2.75) is 57.5 Å². The summed E-state index contributed by atoms with van der Waals surface area (Å²) >= 11 is 0. The molecule has 0 spiro atoms. The lowest BCUT2D eigenvalue weighted by Crippen LogP contribution is -2.46. The van der Waals surface area contributed by atoms with Crippen molar-refractivity contribution in [1.29, 1.82) is 0 Å². The Hall–Kier alpha value is -1.02. The largest absolute Gasteiger partial charge is 0.368 e. The molecule has 2 nitrogen and oxygen atoms in total. The van der Waals surface area contributed by atoms with Gasteiger partial charge in [-0.15, -0.1) is 0 Å². The summed E-state index contributed by atoms with van der Waals surface area (Å²) in [5, 5.41) is 0. The molecular formula is C16H24N2. The summed E-state index contributed by atoms with van der Waals surface area (Å²) in [4.78, 5) is 2.59. The van der Waals surface area contributed by atoms with Crippen LogP contribution in [-0.2, 0) is 12.8 Å². The fraction of sp³-hybridized carbons (Fsp3) is 0.625. The number of piperidine rings is 1. The van der Waals surface area contributed by atoms with Crippen molar-refractivity contribution >= 4 is 5.69 Å². The van der Waals surface area contributed by atoms with Crippen LogP contribution in [0.25, 0.3) is 0 Å². The number of aryl methyl sites for hydroxylation is 1. The van der Waals surface area contributed by atoms with Crippen LogP contribution in [0.5, 0.6) is 0 Å². The van der Waals surface area contributed by atoms with Crippen LogP contribution in [-0.4, -0.2) is 18.6 Å². The fourth-order valence-corrected chi connectivity index (χ4v) is 3.60. The molecule has 98 valence electrons. The maximum absolute atomic E-state index is 6.08. The minimum atomic E-state index is 0.399. The van der Waals surface area contributed by atoms with Gasteiger partial charge in [-0.05, 0) is 62.6 Å². The van der Waals surface area contributed by atoms with Gasteiger partial charge in [-0.1, -0.05) is 12.1 Å². The highest BCUT2D eigenvalue weighted by Gasteiger charge is 2.26. The molecule has 1 aromatic carbocycles. The Morgan fingerprint density at radius 2 is 2.06 bits per heavy atom. The smallest absolute Gasteiger partial charge is 0.0403 e. The van der Waals surface area contributed by atoms with Crippen LogP contribution in [0.4, 0.5) is 5.69 Å². The third-order valence-electron chi connectivity index (χ3n) is 4.60. The Morgan fingerprint density at radius 1 is 1.22 bits per heavy atom. The Bertz CT molecular complexity index is 427. The summed E-state index contributed by atoms with van der Waals surface area (Å²) in [6, 6.07) is 7.86. The molecule has 18 heavy (non-hydrogen) atoms. The van der Waals surface area contributed by atoms with Gasteiger partial charge in [-0.3, -0.25) is 0 Å². The van der Waals surface area contributed by atoms with E-state index in [4.69, 9.17) is 5.73 Å². The SMILES string of the molecule is CC1CC(N)CCN1c1cccc2c1CCCC2. The molecule has 2 atom stereocenters. The predicted molar refractivity (Wildman–Crippen MR) is 77.1 cm³/mol. The highest BCUT2D eigenvalue weighted by Crippen LogP contribution is 2.33. The van der Waals surface area contributed by atoms with Crippen LogP contribution >= 0.6 is 0 Å². The predicted octanol–water partition coefficient (Wildman–Crippen LogP) is 2.88. The number of nitrogens with zero attached hydrogens (tertiary/aromatic N) is 1. The van der Waals surface area contributed by atoms with Gasteiger partial charge < -0.3 is 10.6 Å². The van der Waals surface area contributed by atoms with Crippen LogP contribution in [0.3, 0.4) is 0 Å². The first-order valence-electron chi connectivity index (χ1n) is 7.38. The second-order valence-electron chi connectivity index (χ2n) is 5.95. The highest BCUT2D eigenvalue weighted by molar-refractivity contribution is 5.58. The molecule has 2 unspecified atom stereocenters. The zero-order valence-electron chi connectivity index (χ0n) is 11.4. The molecule has 1 heterocycles. The molecule has 2 aliphatic rings. The molecule has 0 radical (unpaired) electrons. The second kappa shape index (κ2) is 4.93. The van der Waals surface area contributed by atoms with Gasteiger partial charge in [-0.2, -0.15) is 0 Å². The van der Waals surface area contributed by atoms with E-state index in [9.17, 15) is 0 Å². The molecular weight excluding hydrogens is 220 g/mol. The quantitative estimate of drug-likeness (QED) is 0.823. The van der Waals surface area contributed by atoms with E-state index in [1.165, 1.54) is 31.4 Å². The monoisotopic (exact) mass is 244 g/mol. The third kappa shape index (κ3) is 2.14. The van der Waals surface area contributed by atoms with Gasteiger partial charge in [0, 0.05) is 24.3 Å². The normalized spacial score (nSPS) is 28.0. The van der Waals surface area contributed by atoms with Crippen molar-refractivity contribution in [3.63, 3.8) is 0 Å². The summed E-state index contributed by atoms with van der Waals surface area (Å²) in [7, 11) is 0. The number of anilines is 1. The van der Waals surface area contributed by atoms with Crippen LogP contribution in [0.1, 0.15) is 43.7 Å². The molecule has 0 aromatic heterocycles. The Kier molecular flexibility index (Phi) is 3.29. The second-order valence-corrected chi connectivity index (χ2v) is 5.95. The van der Waals surface area contributed by atoms with E-state index >= 15 is 0 Å². The van der Waals surface area contributed by atoms with E-state index in [0.717, 1.165) is 19.4 Å². The van der Waals surface area contributed by atoms with Crippen LogP contribution < -0.4 is 10.6 Å². The molecule has 1 aromatic rings. The molecule has 1 aliphatic heterocycles. The van der Waals surface area contributed by atoms with E-state index in [1.807, 2.05) is 0 Å². The zero-order valence-corrected chi connectivity index (χ0v) is 11.4. The van der Waals surface area contributed by atoms with Gasteiger partial charge >= 0.3 is 0 Å². The number of fused-ring (bicyclic) bond motifs is 1. The van der Waals surface area contributed by atoms with E-state index in [0.29, 0.717) is 12.1 Å². The first-order chi connectivity index (χ1) is 8.75. The summed E-state index contributed by atoms with van der Waals surface area (Å²) in [6.45, 7) is 3.44. The van der Waals surface area contributed by atoms with Crippen molar-refractivity contribution < 1.29 is 0 Å². The summed E-state index contributed by atoms with van der Waals surface area (Å²) in [5.41, 5.74) is 10.8. The maximum atomic E-state index is 6.08. The highest BCUT2D eigenvalue weighted by atomic mass is 15.2. The molecule has 2 heteroatoms. The lowest BCUT2D eigenvalue weighted by atomic mass is 9.88. The van der Waals surface area contributed by atoms with Gasteiger partial charge in [0.1, 0.15) is 0 Å². The Morgan fingerprint density at radius 3 is 2.89 bits per heavy atom. The number of hydrogen-bond donors (Lipinski definition) is 1. The number of hydrogen-bond acceptors (Lipinski definition) is 2. The van der Waals surface area contributed by atoms with Crippen molar-refractivity contribution in [3.8, 4) is 0 Å². The summed E-state index contributed by atoms with van der Waals surface area (Å²) < 4.78 is 0. The van der Waals surface area contributed by atoms with Crippen molar-refractivity contribution in [3.05, 3.63) is 29.3 Å². The van der Waals surface area contributed by atoms with Gasteiger partial charge in [0.2, 0.25) is 0 Å². The van der Waals surface area contributed by atoms with E-state index in [2.05, 4.69) is 30.0 Å². The molecule has 2 N–H and O–H groups in total. The van der Waals surface area contributed by atoms with Crippen molar-refractivity contribution in [2.24, 2.45) is 5.73 Å². The Labute approximate surface area is 110 Å². The maximum Gasteiger partial charge on any atom is 0.0403 e. The van der Waals surface area contributed by atoms with E-state index in [-0.39, 0.29) is 0 Å². The van der Waals surface area contributed by atoms with Crippen molar-refractivity contribution in [1.82, 2.24) is 0 Å². The third-order valence-corrected chi connectivity index (χ3v) is 4.60. The van der Waals surface area contributed by atoms with Gasteiger partial charge in [0.25, 0.3) is 0 Å². The van der Waals surface area contributed by atoms with E-state index in [1.54, 1.807) is 11.1 Å². The lowest BCUT2D eigenvalue weighted by molar-refractivity contribution is 0.428. The van der Waals surface area contributed by atoms with Crippen LogP contribution in [0.15, 0.2) is 18.2 Å². The summed E-state index contributed by atoms with van der Waals surface area (Å²) in [5.74, 6) is 0. The molecule has 3 rings (SSSR count). The first kappa shape index (κ1) is 12.0. The number of benzene rings is 1.